The van der Waals surface area contributed by atoms with Gasteiger partial charge in [-0.05, 0) is 216 Å². The van der Waals surface area contributed by atoms with Crippen molar-refractivity contribution >= 4 is 207 Å². The molecule has 0 N–H and O–H groups in total. The molecule has 0 fully saturated rings. The lowest BCUT2D eigenvalue weighted by Crippen LogP contribution is -2.15. The lowest BCUT2D eigenvalue weighted by molar-refractivity contribution is 0.661. The number of benzene rings is 21. The number of hydrogen-bond acceptors (Lipinski definition) is 5. The number of furan rings is 5. The normalized spacial score (nSPS) is 13.2. The highest BCUT2D eigenvalue weighted by Gasteiger charge is 2.38. The van der Waals surface area contributed by atoms with E-state index >= 15 is 0 Å². The van der Waals surface area contributed by atoms with E-state index < -0.39 is 0 Å². The van der Waals surface area contributed by atoms with Gasteiger partial charge < -0.3 is 35.8 Å². The van der Waals surface area contributed by atoms with Crippen molar-refractivity contribution in [3.05, 3.63) is 393 Å². The first-order valence-electron chi connectivity index (χ1n) is 45.2. The molecule has 0 amide bonds. The van der Waals surface area contributed by atoms with Crippen molar-refractivity contribution in [2.24, 2.45) is 0 Å². The standard InChI is InChI=1S/C43H27NO.2C40H21NO2/c1-43(2)33-15-6-3-10-24(33)31-22-32-25-11-4-7-16-35(25)44(37(32)23-34(31)43)36-20-18-30-40-26(13-9-14-28(36)40)27-19-21-39-42(41(27)30)29-12-5-8-17-38(29)45-39;1-4-13-31-29(10-1)38-33(21-18-27-23-9-3-6-15-35(23)43-40(27)38)41(31)32-20-19-30-36-24(11-7-12-28(32)36)25-16-17-26-22-8-2-5-14-34(22)42-39(26)37(25)30;1-4-13-31-29(10-1)38-33(21-19-27-23-9-3-6-15-35(23)43-40(27)38)41(31)32-20-18-24-25-16-17-26-22-8-2-5-14-34(22)42-39(26)37(25)30-12-7-11-28(32)36(24)30/h3-23H,1-2H3;2*1-21H. The van der Waals surface area contributed by atoms with Gasteiger partial charge >= 0.3 is 0 Å². The van der Waals surface area contributed by atoms with Crippen molar-refractivity contribution in [3.8, 4) is 95.0 Å². The first-order chi connectivity index (χ1) is 64.8. The van der Waals surface area contributed by atoms with Gasteiger partial charge in [0.15, 0.2) is 0 Å². The summed E-state index contributed by atoms with van der Waals surface area (Å²) in [5.41, 5.74) is 40.5. The van der Waals surface area contributed by atoms with Gasteiger partial charge in [-0.15, -0.1) is 0 Å². The molecule has 21 aromatic carbocycles. The van der Waals surface area contributed by atoms with Crippen LogP contribution in [0.15, 0.2) is 404 Å². The number of nitrogens with zero attached hydrogens (tertiary/aromatic N) is 3. The second-order valence-corrected chi connectivity index (χ2v) is 36.5. The van der Waals surface area contributed by atoms with Crippen LogP contribution >= 0.6 is 0 Å². The maximum absolute atomic E-state index is 6.54. The van der Waals surface area contributed by atoms with Gasteiger partial charge in [0.25, 0.3) is 0 Å². The summed E-state index contributed by atoms with van der Waals surface area (Å²) in [5, 5.41) is 26.5. The minimum atomic E-state index is -0.0657. The molecule has 29 aromatic rings. The highest BCUT2D eigenvalue weighted by molar-refractivity contribution is 6.32. The number of rotatable bonds is 3. The fourth-order valence-corrected chi connectivity index (χ4v) is 24.4. The van der Waals surface area contributed by atoms with E-state index in [1.807, 2.05) is 30.3 Å². The van der Waals surface area contributed by atoms with E-state index in [0.29, 0.717) is 0 Å². The van der Waals surface area contributed by atoms with Crippen molar-refractivity contribution in [1.29, 1.82) is 0 Å². The zero-order valence-corrected chi connectivity index (χ0v) is 70.8. The van der Waals surface area contributed by atoms with Crippen LogP contribution in [0.1, 0.15) is 25.0 Å². The van der Waals surface area contributed by atoms with Crippen LogP contribution in [-0.2, 0) is 5.41 Å². The van der Waals surface area contributed by atoms with Gasteiger partial charge in [-0.25, -0.2) is 0 Å². The minimum Gasteiger partial charge on any atom is -0.456 e. The summed E-state index contributed by atoms with van der Waals surface area (Å²) in [5.74, 6) is 0. The largest absolute Gasteiger partial charge is 0.456 e. The molecule has 0 saturated heterocycles. The molecule has 0 aliphatic heterocycles. The first-order valence-corrected chi connectivity index (χ1v) is 45.2. The van der Waals surface area contributed by atoms with Gasteiger partial charge in [0, 0.05) is 114 Å². The van der Waals surface area contributed by atoms with E-state index in [1.54, 1.807) is 0 Å². The Morgan fingerprint density at radius 3 is 1.03 bits per heavy atom. The Morgan fingerprint density at radius 1 is 0.168 bits per heavy atom. The van der Waals surface area contributed by atoms with Crippen LogP contribution in [0.3, 0.4) is 0 Å². The van der Waals surface area contributed by atoms with Gasteiger partial charge in [-0.3, -0.25) is 0 Å². The molecule has 0 unspecified atom stereocenters. The van der Waals surface area contributed by atoms with Crippen molar-refractivity contribution in [2.45, 2.75) is 19.3 Å². The van der Waals surface area contributed by atoms with Crippen LogP contribution in [0.4, 0.5) is 0 Å². The molecule has 8 heterocycles. The summed E-state index contributed by atoms with van der Waals surface area (Å²) in [6, 6.07) is 138. The Morgan fingerprint density at radius 2 is 0.511 bits per heavy atom. The average Bonchev–Trinajstić information content (AvgIpc) is 1.54. The number of aromatic nitrogens is 3. The molecule has 0 atom stereocenters. The van der Waals surface area contributed by atoms with Crippen molar-refractivity contribution < 1.29 is 22.1 Å². The molecule has 606 valence electrons. The second kappa shape index (κ2) is 25.1. The third-order valence-electron chi connectivity index (χ3n) is 29.8. The van der Waals surface area contributed by atoms with Crippen molar-refractivity contribution in [3.63, 3.8) is 0 Å². The van der Waals surface area contributed by atoms with Crippen LogP contribution in [0.5, 0.6) is 0 Å². The third kappa shape index (κ3) is 9.02. The molecule has 33 rings (SSSR count). The highest BCUT2D eigenvalue weighted by Crippen LogP contribution is 2.60. The summed E-state index contributed by atoms with van der Waals surface area (Å²) < 4.78 is 39.8. The Kier molecular flexibility index (Phi) is 13.4. The molecule has 131 heavy (non-hydrogen) atoms. The zero-order chi connectivity index (χ0) is 85.2. The van der Waals surface area contributed by atoms with Crippen molar-refractivity contribution in [1.82, 2.24) is 13.7 Å². The predicted molar refractivity (Wildman–Crippen MR) is 542 cm³/mol. The van der Waals surface area contributed by atoms with Crippen LogP contribution in [-0.4, -0.2) is 13.7 Å². The molecular formula is C123H69N3O5. The van der Waals surface area contributed by atoms with E-state index in [4.69, 9.17) is 22.1 Å². The second-order valence-electron chi connectivity index (χ2n) is 36.5. The SMILES string of the molecule is CC1(C)c2ccccc2-c2cc3c4ccccc4n(-c4ccc5c6c(cccc46)-c4ccc6oc7ccccc7c6c4-5)c3cc21.c1ccc2c(c1)oc1c3c(ccc12)-c1ccc(-n2c4ccccc4c4c5oc6ccccc6c5ccc42)c2cccc-3c12.c1ccc2c(c1)oc1c3c(ccc12)-c1cccc2c(-n4c5ccccc5c5c6oc7ccccc7c6ccc54)ccc-3c12. The van der Waals surface area contributed by atoms with E-state index in [0.717, 1.165) is 132 Å². The van der Waals surface area contributed by atoms with E-state index in [9.17, 15) is 0 Å². The van der Waals surface area contributed by atoms with Gasteiger partial charge in [-0.1, -0.05) is 269 Å². The summed E-state index contributed by atoms with van der Waals surface area (Å²) in [4.78, 5) is 0. The lowest BCUT2D eigenvalue weighted by atomic mass is 9.82. The van der Waals surface area contributed by atoms with Gasteiger partial charge in [0.2, 0.25) is 0 Å². The fraction of sp³-hybridized carbons (Fsp3) is 0.0244. The molecule has 8 heteroatoms. The van der Waals surface area contributed by atoms with E-state index in [2.05, 4.69) is 379 Å². The molecule has 0 saturated carbocycles. The minimum absolute atomic E-state index is 0.0657. The quantitative estimate of drug-likeness (QED) is 0.176. The topological polar surface area (TPSA) is 80.5 Å². The predicted octanol–water partition coefficient (Wildman–Crippen LogP) is 34.6. The van der Waals surface area contributed by atoms with Crippen molar-refractivity contribution in [2.75, 3.05) is 0 Å². The van der Waals surface area contributed by atoms with Crippen LogP contribution in [0, 0.1) is 0 Å². The Balaban J connectivity index is 0.0000000928. The molecule has 4 aliphatic carbocycles. The van der Waals surface area contributed by atoms with Gasteiger partial charge in [-0.2, -0.15) is 0 Å². The number of hydrogen-bond donors (Lipinski definition) is 0. The molecule has 0 bridgehead atoms. The monoisotopic (exact) mass is 1670 g/mol. The fourth-order valence-electron chi connectivity index (χ4n) is 24.4. The lowest BCUT2D eigenvalue weighted by Gasteiger charge is -2.22. The van der Waals surface area contributed by atoms with Gasteiger partial charge in [0.1, 0.15) is 55.8 Å². The first kappa shape index (κ1) is 70.0. The third-order valence-corrected chi connectivity index (χ3v) is 29.8. The van der Waals surface area contributed by atoms with E-state index in [-0.39, 0.29) is 5.41 Å². The molecule has 0 radical (unpaired) electrons. The summed E-state index contributed by atoms with van der Waals surface area (Å²) in [7, 11) is 0. The maximum atomic E-state index is 6.54. The van der Waals surface area contributed by atoms with Gasteiger partial charge in [0.05, 0.1) is 60.9 Å². The number of fused-ring (bicyclic) bond motifs is 41. The van der Waals surface area contributed by atoms with Crippen LogP contribution in [0.2, 0.25) is 0 Å². The molecule has 4 aliphatic rings. The maximum Gasteiger partial charge on any atom is 0.145 e. The average molecular weight is 1670 g/mol. The highest BCUT2D eigenvalue weighted by atomic mass is 16.3. The van der Waals surface area contributed by atoms with E-state index in [1.165, 1.54) is 181 Å². The smallest absolute Gasteiger partial charge is 0.145 e. The number of para-hydroxylation sites is 8. The Bertz CT molecular complexity index is 9980. The summed E-state index contributed by atoms with van der Waals surface area (Å²) in [6.45, 7) is 4.74. The zero-order valence-electron chi connectivity index (χ0n) is 70.8. The molecule has 8 aromatic heterocycles. The molecule has 0 spiro atoms. The summed E-state index contributed by atoms with van der Waals surface area (Å²) >= 11 is 0. The molecular weight excluding hydrogens is 1600 g/mol. The molecule has 8 nitrogen and oxygen atoms in total. The van der Waals surface area contributed by atoms with Crippen LogP contribution in [0.25, 0.3) is 302 Å². The Hall–Kier alpha value is -17.2. The summed E-state index contributed by atoms with van der Waals surface area (Å²) in [6.07, 6.45) is 0. The van der Waals surface area contributed by atoms with Crippen LogP contribution < -0.4 is 0 Å². The Labute approximate surface area is 745 Å².